The Balaban J connectivity index is 2.38. The summed E-state index contributed by atoms with van der Waals surface area (Å²) >= 11 is 0. The third-order valence-electron chi connectivity index (χ3n) is 3.72. The van der Waals surface area contributed by atoms with E-state index in [-0.39, 0.29) is 5.54 Å². The van der Waals surface area contributed by atoms with Gasteiger partial charge in [-0.2, -0.15) is 0 Å². The van der Waals surface area contributed by atoms with Crippen LogP contribution in [-0.2, 0) is 0 Å². The number of nitrogens with zero attached hydrogens (tertiary/aromatic N) is 1. The molecule has 0 aromatic carbocycles. The van der Waals surface area contributed by atoms with Gasteiger partial charge in [0.1, 0.15) is 0 Å². The first-order valence-corrected chi connectivity index (χ1v) is 6.94. The highest BCUT2D eigenvalue weighted by atomic mass is 15.2. The van der Waals surface area contributed by atoms with E-state index in [4.69, 9.17) is 5.73 Å². The lowest BCUT2D eigenvalue weighted by Crippen LogP contribution is -2.36. The van der Waals surface area contributed by atoms with Crippen LogP contribution in [0.2, 0.25) is 0 Å². The molecule has 0 aromatic heterocycles. The van der Waals surface area contributed by atoms with Crippen molar-refractivity contribution in [2.24, 2.45) is 5.73 Å². The molecule has 1 atom stereocenters. The molecule has 1 aliphatic rings. The first-order valence-electron chi connectivity index (χ1n) is 6.94. The van der Waals surface area contributed by atoms with Crippen LogP contribution < -0.4 is 5.73 Å². The highest BCUT2D eigenvalue weighted by Gasteiger charge is 2.21. The molecule has 0 radical (unpaired) electrons. The molecule has 1 aliphatic heterocycles. The van der Waals surface area contributed by atoms with Crippen LogP contribution >= 0.6 is 0 Å². The number of hydrogen-bond donors (Lipinski definition) is 1. The highest BCUT2D eigenvalue weighted by Crippen LogP contribution is 2.29. The van der Waals surface area contributed by atoms with Crippen LogP contribution in [0.25, 0.3) is 0 Å². The van der Waals surface area contributed by atoms with Gasteiger partial charge in [-0.15, -0.1) is 0 Å². The molecule has 0 spiro atoms. The quantitative estimate of drug-likeness (QED) is 0.691. The van der Waals surface area contributed by atoms with Crippen molar-refractivity contribution in [1.29, 1.82) is 0 Å². The summed E-state index contributed by atoms with van der Waals surface area (Å²) in [5, 5.41) is 0. The predicted molar refractivity (Wildman–Crippen MR) is 80.1 cm³/mol. The summed E-state index contributed by atoms with van der Waals surface area (Å²) in [5.74, 6) is 0. The van der Waals surface area contributed by atoms with Crippen LogP contribution in [0.1, 0.15) is 52.4 Å². The average molecular weight is 248 g/mol. The van der Waals surface area contributed by atoms with Crippen molar-refractivity contribution in [3.63, 3.8) is 0 Å². The van der Waals surface area contributed by atoms with Crippen LogP contribution in [0.5, 0.6) is 0 Å². The molecule has 0 bridgehead atoms. The van der Waals surface area contributed by atoms with Crippen LogP contribution in [-0.4, -0.2) is 17.0 Å². The number of nitrogens with two attached hydrogens (primary N) is 1. The Bertz CT molecular complexity index is 323. The van der Waals surface area contributed by atoms with Crippen molar-refractivity contribution >= 4 is 0 Å². The second kappa shape index (κ2) is 6.24. The molecule has 1 saturated heterocycles. The zero-order valence-corrected chi connectivity index (χ0v) is 12.1. The van der Waals surface area contributed by atoms with Gasteiger partial charge in [-0.25, -0.2) is 0 Å². The molecule has 0 saturated carbocycles. The first kappa shape index (κ1) is 15.0. The predicted octanol–water partition coefficient (Wildman–Crippen LogP) is 3.96. The van der Waals surface area contributed by atoms with Crippen molar-refractivity contribution in [2.75, 3.05) is 6.54 Å². The Hall–Kier alpha value is -1.02. The smallest absolute Gasteiger partial charge is 0.0432 e. The van der Waals surface area contributed by atoms with Gasteiger partial charge < -0.3 is 10.6 Å². The van der Waals surface area contributed by atoms with Gasteiger partial charge in [0, 0.05) is 23.5 Å². The maximum atomic E-state index is 6.25. The van der Waals surface area contributed by atoms with Crippen LogP contribution in [0.3, 0.4) is 0 Å². The van der Waals surface area contributed by atoms with E-state index in [0.717, 1.165) is 45.1 Å². The van der Waals surface area contributed by atoms with Gasteiger partial charge in [-0.1, -0.05) is 38.7 Å². The average Bonchev–Trinajstić information content (AvgIpc) is 2.58. The lowest BCUT2D eigenvalue weighted by molar-refractivity contribution is 0.389. The Morgan fingerprint density at radius 2 is 1.83 bits per heavy atom. The van der Waals surface area contributed by atoms with Crippen LogP contribution in [0.15, 0.2) is 36.7 Å². The Kier molecular flexibility index (Phi) is 5.21. The molecule has 1 fully saturated rings. The number of likely N-dealkylation sites (tertiary alicyclic amines) is 1. The van der Waals surface area contributed by atoms with Crippen molar-refractivity contribution < 1.29 is 0 Å². The second-order valence-electron chi connectivity index (χ2n) is 5.87. The molecule has 18 heavy (non-hydrogen) atoms. The summed E-state index contributed by atoms with van der Waals surface area (Å²) in [6, 6.07) is 0. The zero-order valence-electron chi connectivity index (χ0n) is 12.1. The fourth-order valence-electron chi connectivity index (χ4n) is 2.47. The molecule has 102 valence electrons. The molecule has 1 rings (SSSR count). The maximum absolute atomic E-state index is 6.25. The summed E-state index contributed by atoms with van der Waals surface area (Å²) in [4.78, 5) is 2.20. The minimum absolute atomic E-state index is 0.0588. The molecule has 2 heteroatoms. The van der Waals surface area contributed by atoms with E-state index in [1.165, 1.54) is 17.0 Å². The summed E-state index contributed by atoms with van der Waals surface area (Å²) in [7, 11) is 0. The second-order valence-corrected chi connectivity index (χ2v) is 5.87. The minimum atomic E-state index is -0.0588. The number of rotatable bonds is 7. The van der Waals surface area contributed by atoms with Crippen LogP contribution in [0.4, 0.5) is 0 Å². The van der Waals surface area contributed by atoms with Gasteiger partial charge in [-0.3, -0.25) is 0 Å². The highest BCUT2D eigenvalue weighted by molar-refractivity contribution is 5.19. The topological polar surface area (TPSA) is 29.3 Å². The number of hydrogen-bond acceptors (Lipinski definition) is 2. The normalized spacial score (nSPS) is 19.2. The van der Waals surface area contributed by atoms with Gasteiger partial charge in [0.25, 0.3) is 0 Å². The largest absolute Gasteiger partial charge is 0.346 e. The lowest BCUT2D eigenvalue weighted by Gasteiger charge is -2.26. The molecule has 1 unspecified atom stereocenters. The molecule has 0 aromatic rings. The van der Waals surface area contributed by atoms with E-state index < -0.39 is 0 Å². The third-order valence-corrected chi connectivity index (χ3v) is 3.72. The van der Waals surface area contributed by atoms with Gasteiger partial charge in [0.2, 0.25) is 0 Å². The van der Waals surface area contributed by atoms with Gasteiger partial charge >= 0.3 is 0 Å². The van der Waals surface area contributed by atoms with E-state index in [1.807, 2.05) is 0 Å². The Labute approximate surface area is 112 Å². The SMILES string of the molecule is C=C(CCC(C)(N)CCC)CN1C(=C)CCC1=C. The molecule has 2 nitrogen and oxygen atoms in total. The summed E-state index contributed by atoms with van der Waals surface area (Å²) in [6.07, 6.45) is 6.28. The van der Waals surface area contributed by atoms with E-state index in [0.29, 0.717) is 0 Å². The Morgan fingerprint density at radius 3 is 2.33 bits per heavy atom. The summed E-state index contributed by atoms with van der Waals surface area (Å²) in [6.45, 7) is 17.5. The van der Waals surface area contributed by atoms with Crippen molar-refractivity contribution in [3.05, 3.63) is 36.7 Å². The molecule has 0 aliphatic carbocycles. The molecular formula is C16H28N2. The van der Waals surface area contributed by atoms with Gasteiger partial charge in [-0.05, 0) is 39.0 Å². The van der Waals surface area contributed by atoms with E-state index in [2.05, 4.69) is 38.5 Å². The van der Waals surface area contributed by atoms with Crippen molar-refractivity contribution in [2.45, 2.75) is 57.9 Å². The van der Waals surface area contributed by atoms with Crippen molar-refractivity contribution in [1.82, 2.24) is 4.90 Å². The van der Waals surface area contributed by atoms with E-state index in [9.17, 15) is 0 Å². The fraction of sp³-hybridized carbons (Fsp3) is 0.625. The minimum Gasteiger partial charge on any atom is -0.346 e. The third kappa shape index (κ3) is 4.34. The molecule has 2 N–H and O–H groups in total. The zero-order chi connectivity index (χ0) is 13.8. The summed E-state index contributed by atoms with van der Waals surface area (Å²) < 4.78 is 0. The monoisotopic (exact) mass is 248 g/mol. The van der Waals surface area contributed by atoms with Crippen molar-refractivity contribution in [3.8, 4) is 0 Å². The summed E-state index contributed by atoms with van der Waals surface area (Å²) in [5.41, 5.74) is 9.76. The van der Waals surface area contributed by atoms with Crippen LogP contribution in [0, 0.1) is 0 Å². The standard InChI is InChI=1S/C16H28N2/c1-6-10-16(5,17)11-9-13(2)12-18-14(3)7-8-15(18)4/h2-4,6-12,17H2,1,5H3. The number of allylic oxidation sites excluding steroid dienone is 2. The lowest BCUT2D eigenvalue weighted by atomic mass is 9.90. The first-order chi connectivity index (χ1) is 8.35. The molecular weight excluding hydrogens is 220 g/mol. The van der Waals surface area contributed by atoms with E-state index >= 15 is 0 Å². The van der Waals surface area contributed by atoms with E-state index in [1.54, 1.807) is 0 Å². The maximum Gasteiger partial charge on any atom is 0.0432 e. The molecule has 1 heterocycles. The van der Waals surface area contributed by atoms with Gasteiger partial charge in [0.05, 0.1) is 0 Å². The van der Waals surface area contributed by atoms with Gasteiger partial charge in [0.15, 0.2) is 0 Å². The fourth-order valence-corrected chi connectivity index (χ4v) is 2.47. The molecule has 0 amide bonds. The Morgan fingerprint density at radius 1 is 1.28 bits per heavy atom.